The van der Waals surface area contributed by atoms with Gasteiger partial charge in [-0.15, -0.1) is 0 Å². The molecule has 0 heterocycles. The van der Waals surface area contributed by atoms with Crippen LogP contribution in [-0.4, -0.2) is 51.1 Å². The van der Waals surface area contributed by atoms with Crippen LogP contribution in [0.5, 0.6) is 17.2 Å². The summed E-state index contributed by atoms with van der Waals surface area (Å²) in [7, 11) is 0. The number of aromatic carboxylic acids is 3. The molecule has 3 N–H and O–H groups in total. The third kappa shape index (κ3) is 16.6. The maximum atomic E-state index is 13.5. The van der Waals surface area contributed by atoms with E-state index in [2.05, 4.69) is 30.7 Å². The number of ether oxygens (including phenoxy) is 3. The lowest BCUT2D eigenvalue weighted by Crippen LogP contribution is -2.11. The number of carboxylic acids is 3. The summed E-state index contributed by atoms with van der Waals surface area (Å²) < 4.78 is 17.3. The molecule has 18 heteroatoms. The Morgan fingerprint density at radius 2 is 0.650 bits per heavy atom. The Kier molecular flexibility index (Phi) is 18.9. The van der Waals surface area contributed by atoms with E-state index in [1.54, 1.807) is 133 Å². The zero-order chi connectivity index (χ0) is 56.2. The van der Waals surface area contributed by atoms with E-state index in [4.69, 9.17) is 19.3 Å². The molecule has 398 valence electrons. The quantitative estimate of drug-likeness (QED) is 0.0234. The molecule has 0 unspecified atom stereocenters. The minimum Gasteiger partial charge on any atom is -0.478 e. The first-order valence-electron chi connectivity index (χ1n) is 24.8. The summed E-state index contributed by atoms with van der Waals surface area (Å²) in [5.41, 5.74) is 6.75. The Hall–Kier alpha value is -10.9. The molecule has 80 heavy (non-hydrogen) atoms. The zero-order valence-corrected chi connectivity index (χ0v) is 42.5. The molecule has 0 radical (unpaired) electrons. The molecular formula is C62H48N6O12. The van der Waals surface area contributed by atoms with Crippen LogP contribution in [0.15, 0.2) is 219 Å². The number of carboxylic acid groups (broad SMARTS) is 3. The zero-order valence-electron chi connectivity index (χ0n) is 42.5. The summed E-state index contributed by atoms with van der Waals surface area (Å²) in [6, 6.07) is 50.9. The van der Waals surface area contributed by atoms with Crippen LogP contribution in [0.4, 0.5) is 34.1 Å². The van der Waals surface area contributed by atoms with Crippen molar-refractivity contribution in [2.75, 3.05) is 0 Å². The monoisotopic (exact) mass is 1070 g/mol. The third-order valence-corrected chi connectivity index (χ3v) is 11.9. The van der Waals surface area contributed by atoms with E-state index in [1.807, 2.05) is 24.3 Å². The van der Waals surface area contributed by atoms with Gasteiger partial charge in [0, 0.05) is 6.07 Å². The van der Waals surface area contributed by atoms with Crippen LogP contribution in [-0.2, 0) is 33.6 Å². The number of benzene rings is 8. The van der Waals surface area contributed by atoms with Crippen LogP contribution in [0.1, 0.15) is 78.2 Å². The molecular weight excluding hydrogens is 1020 g/mol. The molecule has 0 atom stereocenters. The second-order valence-corrected chi connectivity index (χ2v) is 17.6. The summed E-state index contributed by atoms with van der Waals surface area (Å²) in [4.78, 5) is 73.6. The van der Waals surface area contributed by atoms with Gasteiger partial charge in [-0.3, -0.25) is 14.4 Å². The van der Waals surface area contributed by atoms with Crippen molar-refractivity contribution in [3.8, 4) is 17.2 Å². The third-order valence-electron chi connectivity index (χ3n) is 11.9. The lowest BCUT2D eigenvalue weighted by atomic mass is 10.1. The van der Waals surface area contributed by atoms with Crippen molar-refractivity contribution in [1.82, 2.24) is 0 Å². The fraction of sp³-hybridized carbons (Fsp3) is 0.0968. The molecule has 0 spiro atoms. The number of carbonyl (C=O) groups is 6. The van der Waals surface area contributed by atoms with Crippen LogP contribution in [0.2, 0.25) is 0 Å². The van der Waals surface area contributed by atoms with Crippen LogP contribution < -0.4 is 14.2 Å². The second kappa shape index (κ2) is 27.3. The SMILES string of the molecule is O=C(CCc1ccccc1N=Nc1ccc(C(=O)O)cc1)Oc1ccc(C=Cc2cc(OC(=O)CCc3ccccc3N=Nc3ccc(C(=O)O)cc3)cc(OC(=O)CCc3ccccc3N=Nc3ccc(C(=O)O)cc3)c2)cc1. The van der Waals surface area contributed by atoms with Crippen LogP contribution in [0.3, 0.4) is 0 Å². The lowest BCUT2D eigenvalue weighted by molar-refractivity contribution is -0.135. The summed E-state index contributed by atoms with van der Waals surface area (Å²) in [5, 5.41) is 53.3. The van der Waals surface area contributed by atoms with Gasteiger partial charge >= 0.3 is 35.8 Å². The Labute approximate surface area is 457 Å². The Morgan fingerprint density at radius 3 is 0.988 bits per heavy atom. The normalized spacial score (nSPS) is 11.3. The van der Waals surface area contributed by atoms with Crippen LogP contribution in [0, 0.1) is 0 Å². The number of carbonyl (C=O) groups excluding carboxylic acids is 3. The molecule has 0 aliphatic carbocycles. The van der Waals surface area contributed by atoms with Crippen molar-refractivity contribution < 1.29 is 58.3 Å². The minimum atomic E-state index is -1.06. The van der Waals surface area contributed by atoms with E-state index in [9.17, 15) is 39.0 Å². The molecule has 0 bridgehead atoms. The van der Waals surface area contributed by atoms with Crippen molar-refractivity contribution in [2.24, 2.45) is 30.7 Å². The molecule has 8 aromatic rings. The smallest absolute Gasteiger partial charge is 0.335 e. The number of rotatable bonds is 23. The first-order chi connectivity index (χ1) is 38.8. The molecule has 0 saturated heterocycles. The average Bonchev–Trinajstić information content (AvgIpc) is 3.46. The Balaban J connectivity index is 0.922. The molecule has 0 aromatic heterocycles. The minimum absolute atomic E-state index is 0.0518. The fourth-order valence-electron chi connectivity index (χ4n) is 7.71. The molecule has 0 aliphatic heterocycles. The molecule has 8 aromatic carbocycles. The predicted octanol–water partition coefficient (Wildman–Crippen LogP) is 14.8. The van der Waals surface area contributed by atoms with Gasteiger partial charge in [0.1, 0.15) is 17.2 Å². The maximum absolute atomic E-state index is 13.5. The van der Waals surface area contributed by atoms with Crippen LogP contribution in [0.25, 0.3) is 12.2 Å². The first kappa shape index (κ1) is 55.4. The number of esters is 3. The Bertz CT molecular complexity index is 3520. The largest absolute Gasteiger partial charge is 0.478 e. The topological polar surface area (TPSA) is 265 Å². The van der Waals surface area contributed by atoms with E-state index in [0.717, 1.165) is 11.1 Å². The molecule has 0 aliphatic rings. The van der Waals surface area contributed by atoms with Gasteiger partial charge in [-0.1, -0.05) is 78.9 Å². The highest BCUT2D eigenvalue weighted by atomic mass is 16.5. The average molecular weight is 1070 g/mol. The number of azo groups is 3. The van der Waals surface area contributed by atoms with Gasteiger partial charge in [-0.05, 0) is 162 Å². The second-order valence-electron chi connectivity index (χ2n) is 17.6. The van der Waals surface area contributed by atoms with E-state index in [-0.39, 0.29) is 60.3 Å². The summed E-state index contributed by atoms with van der Waals surface area (Å²) in [6.07, 6.45) is 4.28. The molecule has 18 nitrogen and oxygen atoms in total. The van der Waals surface area contributed by atoms with Crippen LogP contribution >= 0.6 is 0 Å². The predicted molar refractivity (Wildman–Crippen MR) is 296 cm³/mol. The van der Waals surface area contributed by atoms with Gasteiger partial charge < -0.3 is 29.5 Å². The summed E-state index contributed by atoms with van der Waals surface area (Å²) >= 11 is 0. The van der Waals surface area contributed by atoms with Crippen molar-refractivity contribution >= 4 is 82.1 Å². The first-order valence-corrected chi connectivity index (χ1v) is 24.8. The number of hydrogen-bond donors (Lipinski definition) is 3. The van der Waals surface area contributed by atoms with E-state index in [0.29, 0.717) is 63.0 Å². The highest BCUT2D eigenvalue weighted by Gasteiger charge is 2.15. The van der Waals surface area contributed by atoms with Gasteiger partial charge in [-0.25, -0.2) is 14.4 Å². The van der Waals surface area contributed by atoms with Crippen molar-refractivity contribution in [3.05, 3.63) is 233 Å². The number of nitrogens with zero attached hydrogens (tertiary/aromatic N) is 6. The molecule has 0 saturated carbocycles. The number of aryl methyl sites for hydroxylation is 3. The highest BCUT2D eigenvalue weighted by molar-refractivity contribution is 5.89. The van der Waals surface area contributed by atoms with Gasteiger partial charge in [0.2, 0.25) is 0 Å². The fourth-order valence-corrected chi connectivity index (χ4v) is 7.71. The van der Waals surface area contributed by atoms with Crippen molar-refractivity contribution in [3.63, 3.8) is 0 Å². The van der Waals surface area contributed by atoms with E-state index >= 15 is 0 Å². The van der Waals surface area contributed by atoms with E-state index < -0.39 is 35.8 Å². The van der Waals surface area contributed by atoms with Gasteiger partial charge in [0.05, 0.1) is 70.1 Å². The van der Waals surface area contributed by atoms with Crippen molar-refractivity contribution in [1.29, 1.82) is 0 Å². The maximum Gasteiger partial charge on any atom is 0.335 e. The van der Waals surface area contributed by atoms with Crippen molar-refractivity contribution in [2.45, 2.75) is 38.5 Å². The van der Waals surface area contributed by atoms with Gasteiger partial charge in [-0.2, -0.15) is 30.7 Å². The van der Waals surface area contributed by atoms with Gasteiger partial charge in [0.25, 0.3) is 0 Å². The summed E-state index contributed by atoms with van der Waals surface area (Å²) in [6.45, 7) is 0. The molecule has 8 rings (SSSR count). The van der Waals surface area contributed by atoms with Gasteiger partial charge in [0.15, 0.2) is 0 Å². The molecule has 0 amide bonds. The summed E-state index contributed by atoms with van der Waals surface area (Å²) in [5.74, 6) is -4.24. The standard InChI is InChI=1S/C62H48N6O12/c69-57(34-23-42-7-1-4-10-54(42)66-63-48-26-17-45(18-27-48)60(72)73)78-51-32-15-40(16-33-51)13-14-41-37-52(79-58(70)35-24-43-8-2-5-11-55(43)67-64-49-28-19-46(20-29-49)61(74)75)39-53(38-41)80-59(71)36-25-44-9-3-6-12-56(44)68-65-50-30-21-47(22-31-50)62(76)77/h1-22,26-33,37-39H,23-25,34-36H2,(H,72,73)(H,74,75)(H,76,77). The van der Waals surface area contributed by atoms with E-state index in [1.165, 1.54) is 42.5 Å². The molecule has 0 fully saturated rings. The lowest BCUT2D eigenvalue weighted by Gasteiger charge is -2.11. The Morgan fingerprint density at radius 1 is 0.338 bits per heavy atom. The number of hydrogen-bond acceptors (Lipinski definition) is 15. The highest BCUT2D eigenvalue weighted by Crippen LogP contribution is 2.30.